The predicted octanol–water partition coefficient (Wildman–Crippen LogP) is 3.37. The van der Waals surface area contributed by atoms with Crippen molar-refractivity contribution in [1.82, 2.24) is 5.32 Å². The number of nitrogens with zero attached hydrogens (tertiary/aromatic N) is 1. The average molecular weight is 335 g/mol. The monoisotopic (exact) mass is 334 g/mol. The number of carbonyl (C=O) groups is 1. The number of carbonyl (C=O) groups excluding carboxylic acids is 1. The maximum atomic E-state index is 12.0. The standard InChI is InChI=1S/C16H15ClN2O4/c1-11-10-12(6-7-14(11)19(21)22)16(20)18-8-9-23-15-5-3-2-4-13(15)17/h2-7,10H,8-9H2,1H3,(H,18,20). The van der Waals surface area contributed by atoms with Crippen LogP contribution in [0.15, 0.2) is 42.5 Å². The van der Waals surface area contributed by atoms with Crippen molar-refractivity contribution >= 4 is 23.2 Å². The van der Waals surface area contributed by atoms with Crippen LogP contribution in [0, 0.1) is 17.0 Å². The van der Waals surface area contributed by atoms with Gasteiger partial charge in [-0.05, 0) is 31.2 Å². The van der Waals surface area contributed by atoms with Crippen molar-refractivity contribution in [2.24, 2.45) is 0 Å². The van der Waals surface area contributed by atoms with Gasteiger partial charge in [0.15, 0.2) is 0 Å². The van der Waals surface area contributed by atoms with Gasteiger partial charge < -0.3 is 10.1 Å². The minimum Gasteiger partial charge on any atom is -0.490 e. The number of nitrogens with one attached hydrogen (secondary N) is 1. The molecule has 23 heavy (non-hydrogen) atoms. The zero-order valence-electron chi connectivity index (χ0n) is 12.4. The van der Waals surface area contributed by atoms with Crippen molar-refractivity contribution in [2.75, 3.05) is 13.2 Å². The fraction of sp³-hybridized carbons (Fsp3) is 0.188. The minimum absolute atomic E-state index is 0.0106. The van der Waals surface area contributed by atoms with E-state index in [9.17, 15) is 14.9 Å². The third-order valence-corrected chi connectivity index (χ3v) is 3.45. The number of aryl methyl sites for hydroxylation is 1. The van der Waals surface area contributed by atoms with Crippen LogP contribution in [0.25, 0.3) is 0 Å². The van der Waals surface area contributed by atoms with E-state index in [0.717, 1.165) is 0 Å². The smallest absolute Gasteiger partial charge is 0.272 e. The van der Waals surface area contributed by atoms with Crippen LogP contribution in [-0.4, -0.2) is 24.0 Å². The summed E-state index contributed by atoms with van der Waals surface area (Å²) < 4.78 is 5.46. The quantitative estimate of drug-likeness (QED) is 0.499. The third-order valence-electron chi connectivity index (χ3n) is 3.14. The van der Waals surface area contributed by atoms with Gasteiger partial charge in [0.1, 0.15) is 12.4 Å². The summed E-state index contributed by atoms with van der Waals surface area (Å²) >= 11 is 5.95. The molecule has 0 unspecified atom stereocenters. The van der Waals surface area contributed by atoms with Crippen molar-refractivity contribution in [1.29, 1.82) is 0 Å². The van der Waals surface area contributed by atoms with Gasteiger partial charge in [-0.1, -0.05) is 23.7 Å². The number of amides is 1. The van der Waals surface area contributed by atoms with Crippen LogP contribution in [0.3, 0.4) is 0 Å². The van der Waals surface area contributed by atoms with E-state index in [2.05, 4.69) is 5.32 Å². The highest BCUT2D eigenvalue weighted by Gasteiger charge is 2.13. The lowest BCUT2D eigenvalue weighted by Gasteiger charge is -2.09. The average Bonchev–Trinajstić information content (AvgIpc) is 2.52. The molecule has 0 heterocycles. The molecule has 6 nitrogen and oxygen atoms in total. The van der Waals surface area contributed by atoms with E-state index in [1.807, 2.05) is 0 Å². The van der Waals surface area contributed by atoms with E-state index < -0.39 is 4.92 Å². The molecule has 2 aromatic carbocycles. The first-order valence-corrected chi connectivity index (χ1v) is 7.27. The van der Waals surface area contributed by atoms with Crippen LogP contribution in [-0.2, 0) is 0 Å². The molecule has 0 aromatic heterocycles. The summed E-state index contributed by atoms with van der Waals surface area (Å²) in [5.74, 6) is 0.236. The SMILES string of the molecule is Cc1cc(C(=O)NCCOc2ccccc2Cl)ccc1[N+](=O)[O-]. The van der Waals surface area contributed by atoms with Crippen LogP contribution in [0.1, 0.15) is 15.9 Å². The molecule has 1 amide bonds. The van der Waals surface area contributed by atoms with Gasteiger partial charge >= 0.3 is 0 Å². The molecule has 120 valence electrons. The number of nitro groups is 1. The van der Waals surface area contributed by atoms with Crippen LogP contribution in [0.5, 0.6) is 5.75 Å². The molecule has 7 heteroatoms. The van der Waals surface area contributed by atoms with E-state index in [0.29, 0.717) is 28.4 Å². The Kier molecular flexibility index (Phi) is 5.54. The summed E-state index contributed by atoms with van der Waals surface area (Å²) in [5, 5.41) is 13.9. The van der Waals surface area contributed by atoms with Gasteiger partial charge in [0.25, 0.3) is 11.6 Å². The van der Waals surface area contributed by atoms with Gasteiger partial charge in [0.2, 0.25) is 0 Å². The van der Waals surface area contributed by atoms with Crippen LogP contribution in [0.2, 0.25) is 5.02 Å². The van der Waals surface area contributed by atoms with Crippen molar-refractivity contribution in [3.05, 3.63) is 68.7 Å². The number of ether oxygens (including phenoxy) is 1. The van der Waals surface area contributed by atoms with E-state index in [4.69, 9.17) is 16.3 Å². The van der Waals surface area contributed by atoms with Crippen molar-refractivity contribution < 1.29 is 14.5 Å². The Morgan fingerprint density at radius 2 is 2.04 bits per heavy atom. The summed E-state index contributed by atoms with van der Waals surface area (Å²) in [6.45, 7) is 2.15. The predicted molar refractivity (Wildman–Crippen MR) is 87.1 cm³/mol. The topological polar surface area (TPSA) is 81.5 Å². The van der Waals surface area contributed by atoms with E-state index in [1.165, 1.54) is 18.2 Å². The molecule has 0 saturated carbocycles. The van der Waals surface area contributed by atoms with Gasteiger partial charge in [-0.3, -0.25) is 14.9 Å². The third kappa shape index (κ3) is 4.43. The molecule has 0 fully saturated rings. The van der Waals surface area contributed by atoms with Crippen LogP contribution in [0.4, 0.5) is 5.69 Å². The first kappa shape index (κ1) is 16.8. The van der Waals surface area contributed by atoms with E-state index >= 15 is 0 Å². The zero-order chi connectivity index (χ0) is 16.8. The highest BCUT2D eigenvalue weighted by molar-refractivity contribution is 6.32. The number of rotatable bonds is 6. The molecule has 0 aliphatic rings. The highest BCUT2D eigenvalue weighted by atomic mass is 35.5. The second kappa shape index (κ2) is 7.60. The Balaban J connectivity index is 1.87. The van der Waals surface area contributed by atoms with E-state index in [-0.39, 0.29) is 18.2 Å². The summed E-state index contributed by atoms with van der Waals surface area (Å²) in [5.41, 5.74) is 0.796. The number of hydrogen-bond donors (Lipinski definition) is 1. The molecular formula is C16H15ClN2O4. The molecule has 2 aromatic rings. The first-order chi connectivity index (χ1) is 11.0. The maximum absolute atomic E-state index is 12.0. The lowest BCUT2D eigenvalue weighted by atomic mass is 10.1. The fourth-order valence-corrected chi connectivity index (χ4v) is 2.18. The molecule has 0 aliphatic heterocycles. The number of nitro benzene ring substituents is 1. The molecule has 0 bridgehead atoms. The van der Waals surface area contributed by atoms with Crippen molar-refractivity contribution in [3.8, 4) is 5.75 Å². The highest BCUT2D eigenvalue weighted by Crippen LogP contribution is 2.22. The van der Waals surface area contributed by atoms with Crippen LogP contribution >= 0.6 is 11.6 Å². The van der Waals surface area contributed by atoms with Gasteiger partial charge in [0, 0.05) is 17.2 Å². The lowest BCUT2D eigenvalue weighted by Crippen LogP contribution is -2.28. The second-order valence-corrected chi connectivity index (χ2v) is 5.20. The minimum atomic E-state index is -0.478. The number of benzene rings is 2. The molecule has 0 atom stereocenters. The second-order valence-electron chi connectivity index (χ2n) is 4.79. The van der Waals surface area contributed by atoms with Gasteiger partial charge in [-0.25, -0.2) is 0 Å². The Hall–Kier alpha value is -2.60. The maximum Gasteiger partial charge on any atom is 0.272 e. The number of hydrogen-bond acceptors (Lipinski definition) is 4. The molecule has 0 radical (unpaired) electrons. The normalized spacial score (nSPS) is 10.2. The zero-order valence-corrected chi connectivity index (χ0v) is 13.2. The molecule has 0 aliphatic carbocycles. The Bertz CT molecular complexity index is 734. The Morgan fingerprint density at radius 3 is 2.70 bits per heavy atom. The number of halogens is 1. The first-order valence-electron chi connectivity index (χ1n) is 6.89. The number of para-hydroxylation sites is 1. The fourth-order valence-electron chi connectivity index (χ4n) is 1.99. The summed E-state index contributed by atoms with van der Waals surface area (Å²) in [6, 6.07) is 11.3. The van der Waals surface area contributed by atoms with Gasteiger partial charge in [0.05, 0.1) is 16.5 Å². The Labute approximate surface area is 138 Å². The molecule has 2 rings (SSSR count). The largest absolute Gasteiger partial charge is 0.490 e. The Morgan fingerprint density at radius 1 is 1.30 bits per heavy atom. The molecular weight excluding hydrogens is 320 g/mol. The molecule has 0 saturated heterocycles. The summed E-state index contributed by atoms with van der Waals surface area (Å²) in [7, 11) is 0. The summed E-state index contributed by atoms with van der Waals surface area (Å²) in [4.78, 5) is 22.3. The van der Waals surface area contributed by atoms with Crippen LogP contribution < -0.4 is 10.1 Å². The van der Waals surface area contributed by atoms with Crippen molar-refractivity contribution in [2.45, 2.75) is 6.92 Å². The van der Waals surface area contributed by atoms with Gasteiger partial charge in [-0.2, -0.15) is 0 Å². The summed E-state index contributed by atoms with van der Waals surface area (Å²) in [6.07, 6.45) is 0. The molecule has 1 N–H and O–H groups in total. The molecule has 0 spiro atoms. The lowest BCUT2D eigenvalue weighted by molar-refractivity contribution is -0.385. The van der Waals surface area contributed by atoms with E-state index in [1.54, 1.807) is 31.2 Å². The van der Waals surface area contributed by atoms with Crippen molar-refractivity contribution in [3.63, 3.8) is 0 Å². The van der Waals surface area contributed by atoms with Gasteiger partial charge in [-0.15, -0.1) is 0 Å².